The molecule has 3 atom stereocenters. The second-order valence-electron chi connectivity index (χ2n) is 4.21. The van der Waals surface area contributed by atoms with Crippen LogP contribution in [-0.4, -0.2) is 29.2 Å². The molecule has 1 aliphatic carbocycles. The zero-order chi connectivity index (χ0) is 9.64. The zero-order valence-corrected chi connectivity index (χ0v) is 8.28. The molecule has 0 aromatic heterocycles. The minimum atomic E-state index is -0.496. The number of ether oxygens (including phenoxy) is 2. The van der Waals surface area contributed by atoms with E-state index in [1.54, 1.807) is 6.92 Å². The quantitative estimate of drug-likeness (QED) is 0.623. The Bertz CT molecular complexity index is 243. The first-order valence-electron chi connectivity index (χ1n) is 4.73. The lowest BCUT2D eigenvalue weighted by molar-refractivity contribution is -0.145. The Morgan fingerprint density at radius 2 is 2.23 bits per heavy atom. The second kappa shape index (κ2) is 2.80. The molecule has 0 bridgehead atoms. The number of rotatable bonds is 1. The molecular formula is C10H16O3. The van der Waals surface area contributed by atoms with Crippen molar-refractivity contribution in [1.29, 1.82) is 0 Å². The maximum absolute atomic E-state index is 9.47. The molecule has 2 aliphatic rings. The van der Waals surface area contributed by atoms with Crippen LogP contribution in [0, 0.1) is 0 Å². The molecule has 1 aliphatic heterocycles. The summed E-state index contributed by atoms with van der Waals surface area (Å²) in [7, 11) is 0. The summed E-state index contributed by atoms with van der Waals surface area (Å²) in [5.41, 5.74) is 0.968. The van der Waals surface area contributed by atoms with Crippen LogP contribution in [0.5, 0.6) is 0 Å². The van der Waals surface area contributed by atoms with Gasteiger partial charge < -0.3 is 14.6 Å². The van der Waals surface area contributed by atoms with Crippen molar-refractivity contribution in [2.75, 3.05) is 0 Å². The maximum Gasteiger partial charge on any atom is 0.164 e. The molecule has 0 saturated carbocycles. The van der Waals surface area contributed by atoms with Crippen molar-refractivity contribution in [2.24, 2.45) is 0 Å². The Hall–Kier alpha value is -0.380. The van der Waals surface area contributed by atoms with E-state index in [4.69, 9.17) is 9.47 Å². The molecule has 3 nitrogen and oxygen atoms in total. The summed E-state index contributed by atoms with van der Waals surface area (Å²) in [5, 5.41) is 9.47. The lowest BCUT2D eigenvalue weighted by Gasteiger charge is -2.19. The molecule has 1 fully saturated rings. The summed E-state index contributed by atoms with van der Waals surface area (Å²) < 4.78 is 11.4. The van der Waals surface area contributed by atoms with Gasteiger partial charge in [0.15, 0.2) is 5.79 Å². The van der Waals surface area contributed by atoms with E-state index in [-0.39, 0.29) is 12.2 Å². The monoisotopic (exact) mass is 184 g/mol. The normalized spacial score (nSPS) is 38.6. The summed E-state index contributed by atoms with van der Waals surface area (Å²) in [6.45, 7) is 5.58. The highest BCUT2D eigenvalue weighted by Gasteiger charge is 2.46. The third-order valence-corrected chi connectivity index (χ3v) is 2.58. The van der Waals surface area contributed by atoms with Gasteiger partial charge in [0.2, 0.25) is 0 Å². The van der Waals surface area contributed by atoms with Crippen LogP contribution in [0.2, 0.25) is 0 Å². The number of fused-ring (bicyclic) bond motifs is 1. The van der Waals surface area contributed by atoms with Crippen LogP contribution in [0.25, 0.3) is 0 Å². The Morgan fingerprint density at radius 3 is 2.85 bits per heavy atom. The largest absolute Gasteiger partial charge is 0.389 e. The van der Waals surface area contributed by atoms with Gasteiger partial charge in [-0.3, -0.25) is 0 Å². The van der Waals surface area contributed by atoms with Gasteiger partial charge in [0.25, 0.3) is 0 Å². The summed E-state index contributed by atoms with van der Waals surface area (Å²) in [4.78, 5) is 0. The predicted octanol–water partition coefficient (Wildman–Crippen LogP) is 1.22. The summed E-state index contributed by atoms with van der Waals surface area (Å²) in [5.74, 6) is -0.496. The van der Waals surface area contributed by atoms with Crippen molar-refractivity contribution in [3.8, 4) is 0 Å². The van der Waals surface area contributed by atoms with E-state index in [1.807, 2.05) is 19.9 Å². The van der Waals surface area contributed by atoms with Crippen LogP contribution in [0.1, 0.15) is 27.2 Å². The van der Waals surface area contributed by atoms with Crippen LogP contribution in [0.4, 0.5) is 0 Å². The van der Waals surface area contributed by atoms with Crippen LogP contribution in [-0.2, 0) is 9.47 Å². The molecule has 13 heavy (non-hydrogen) atoms. The van der Waals surface area contributed by atoms with Crippen LogP contribution >= 0.6 is 0 Å². The molecule has 0 aromatic rings. The minimum Gasteiger partial charge on any atom is -0.389 e. The van der Waals surface area contributed by atoms with Crippen molar-refractivity contribution >= 4 is 0 Å². The van der Waals surface area contributed by atoms with E-state index >= 15 is 0 Å². The highest BCUT2D eigenvalue weighted by Crippen LogP contribution is 2.38. The smallest absolute Gasteiger partial charge is 0.164 e. The summed E-state index contributed by atoms with van der Waals surface area (Å²) in [6, 6.07) is 0. The molecule has 1 N–H and O–H groups in total. The van der Waals surface area contributed by atoms with Crippen molar-refractivity contribution in [2.45, 2.75) is 51.3 Å². The van der Waals surface area contributed by atoms with E-state index in [0.717, 1.165) is 12.0 Å². The zero-order valence-electron chi connectivity index (χ0n) is 8.28. The molecule has 2 rings (SSSR count). The van der Waals surface area contributed by atoms with E-state index in [0.29, 0.717) is 0 Å². The molecule has 0 spiro atoms. The topological polar surface area (TPSA) is 38.7 Å². The average molecular weight is 184 g/mol. The van der Waals surface area contributed by atoms with E-state index in [1.165, 1.54) is 0 Å². The fourth-order valence-electron chi connectivity index (χ4n) is 2.07. The molecule has 1 saturated heterocycles. The van der Waals surface area contributed by atoms with Crippen molar-refractivity contribution < 1.29 is 14.6 Å². The lowest BCUT2D eigenvalue weighted by atomic mass is 10.1. The molecule has 74 valence electrons. The SMILES string of the molecule is CC(O)C1=CCC2OC(C)(C)OC12. The van der Waals surface area contributed by atoms with Gasteiger partial charge in [-0.25, -0.2) is 0 Å². The molecule has 0 amide bonds. The molecule has 0 aromatic carbocycles. The summed E-state index contributed by atoms with van der Waals surface area (Å²) in [6.07, 6.45) is 2.53. The Kier molecular flexibility index (Phi) is 1.98. The van der Waals surface area contributed by atoms with Gasteiger partial charge in [-0.05, 0) is 32.8 Å². The van der Waals surface area contributed by atoms with Gasteiger partial charge in [0.05, 0.1) is 12.2 Å². The fourth-order valence-corrected chi connectivity index (χ4v) is 2.07. The maximum atomic E-state index is 9.47. The van der Waals surface area contributed by atoms with E-state index < -0.39 is 11.9 Å². The van der Waals surface area contributed by atoms with Crippen molar-refractivity contribution in [1.82, 2.24) is 0 Å². The van der Waals surface area contributed by atoms with Gasteiger partial charge in [-0.2, -0.15) is 0 Å². The first-order valence-corrected chi connectivity index (χ1v) is 4.73. The van der Waals surface area contributed by atoms with Crippen LogP contribution in [0.15, 0.2) is 11.6 Å². The van der Waals surface area contributed by atoms with Gasteiger partial charge in [-0.1, -0.05) is 6.08 Å². The number of aliphatic hydroxyl groups excluding tert-OH is 1. The van der Waals surface area contributed by atoms with E-state index in [9.17, 15) is 5.11 Å². The molecule has 0 radical (unpaired) electrons. The Morgan fingerprint density at radius 1 is 1.54 bits per heavy atom. The first kappa shape index (κ1) is 9.19. The average Bonchev–Trinajstić information content (AvgIpc) is 2.41. The van der Waals surface area contributed by atoms with Crippen LogP contribution < -0.4 is 0 Å². The number of aliphatic hydroxyl groups is 1. The molecular weight excluding hydrogens is 168 g/mol. The molecule has 3 heteroatoms. The highest BCUT2D eigenvalue weighted by atomic mass is 16.8. The second-order valence-corrected chi connectivity index (χ2v) is 4.21. The lowest BCUT2D eigenvalue weighted by Crippen LogP contribution is -2.25. The third kappa shape index (κ3) is 1.52. The van der Waals surface area contributed by atoms with Gasteiger partial charge >= 0.3 is 0 Å². The Balaban J connectivity index is 2.14. The fraction of sp³-hybridized carbons (Fsp3) is 0.800. The van der Waals surface area contributed by atoms with Gasteiger partial charge in [0, 0.05) is 0 Å². The minimum absolute atomic E-state index is 0.0324. The van der Waals surface area contributed by atoms with Crippen molar-refractivity contribution in [3.05, 3.63) is 11.6 Å². The number of hydrogen-bond acceptors (Lipinski definition) is 3. The summed E-state index contributed by atoms with van der Waals surface area (Å²) >= 11 is 0. The predicted molar refractivity (Wildman–Crippen MR) is 48.2 cm³/mol. The van der Waals surface area contributed by atoms with E-state index in [2.05, 4.69) is 0 Å². The third-order valence-electron chi connectivity index (χ3n) is 2.58. The Labute approximate surface area is 78.3 Å². The first-order chi connectivity index (χ1) is 5.99. The van der Waals surface area contributed by atoms with Crippen molar-refractivity contribution in [3.63, 3.8) is 0 Å². The van der Waals surface area contributed by atoms with Gasteiger partial charge in [-0.15, -0.1) is 0 Å². The highest BCUT2D eigenvalue weighted by molar-refractivity contribution is 5.23. The number of hydrogen-bond donors (Lipinski definition) is 1. The molecule has 3 unspecified atom stereocenters. The molecule has 1 heterocycles. The van der Waals surface area contributed by atoms with Crippen LogP contribution in [0.3, 0.4) is 0 Å². The standard InChI is InChI=1S/C10H16O3/c1-6(11)7-4-5-8-9(7)13-10(2,3)12-8/h4,6,8-9,11H,5H2,1-3H3. The van der Waals surface area contributed by atoms with Gasteiger partial charge in [0.1, 0.15) is 6.10 Å².